The largest absolute Gasteiger partial charge is 0.394 e. The molecule has 3 aliphatic rings. The SMILES string of the molecule is CCCCCCCC/C=C\CCCCCCCC(=O)NC(COC1OC(CO)C(OC2OC(CO)C(OC3OC(CO)C(O)C(O)C3O)C(O)C2O)C(O)C1O)C(O)CCCCCCCCCCCCCCCCCCCCCCCCCCCC. The highest BCUT2D eigenvalue weighted by Crippen LogP contribution is 2.33. The van der Waals surface area contributed by atoms with E-state index in [1.807, 2.05) is 0 Å². The maximum atomic E-state index is 13.4. The van der Waals surface area contributed by atoms with Crippen molar-refractivity contribution >= 4 is 5.91 Å². The predicted octanol–water partition coefficient (Wildman–Crippen LogP) is 8.89. The van der Waals surface area contributed by atoms with E-state index in [1.54, 1.807) is 0 Å². The van der Waals surface area contributed by atoms with E-state index in [2.05, 4.69) is 31.3 Å². The molecule has 0 saturated carbocycles. The second kappa shape index (κ2) is 50.1. The van der Waals surface area contributed by atoms with E-state index in [9.17, 15) is 61.0 Å². The lowest BCUT2D eigenvalue weighted by Gasteiger charge is -2.48. The highest BCUT2D eigenvalue weighted by atomic mass is 16.8. The summed E-state index contributed by atoms with van der Waals surface area (Å²) in [5.74, 6) is -0.248. The van der Waals surface area contributed by atoms with Crippen molar-refractivity contribution in [3.63, 3.8) is 0 Å². The van der Waals surface area contributed by atoms with Gasteiger partial charge in [0, 0.05) is 6.42 Å². The molecule has 0 aliphatic carbocycles. The first-order chi connectivity index (χ1) is 41.8. The topological polar surface area (TPSA) is 307 Å². The van der Waals surface area contributed by atoms with Crippen molar-refractivity contribution in [1.29, 1.82) is 0 Å². The molecule has 0 spiro atoms. The highest BCUT2D eigenvalue weighted by molar-refractivity contribution is 5.76. The molecule has 0 bridgehead atoms. The molecule has 3 saturated heterocycles. The van der Waals surface area contributed by atoms with E-state index >= 15 is 0 Å². The fourth-order valence-corrected chi connectivity index (χ4v) is 12.1. The first-order valence-electron chi connectivity index (χ1n) is 34.9. The van der Waals surface area contributed by atoms with Crippen molar-refractivity contribution in [2.24, 2.45) is 0 Å². The van der Waals surface area contributed by atoms with Gasteiger partial charge in [-0.1, -0.05) is 244 Å². The summed E-state index contributed by atoms with van der Waals surface area (Å²) in [5.41, 5.74) is 0. The van der Waals surface area contributed by atoms with Crippen LogP contribution in [0, 0.1) is 0 Å². The Balaban J connectivity index is 1.41. The van der Waals surface area contributed by atoms with Crippen molar-refractivity contribution in [3.8, 4) is 0 Å². The van der Waals surface area contributed by atoms with E-state index in [4.69, 9.17) is 28.4 Å². The van der Waals surface area contributed by atoms with Gasteiger partial charge in [-0.05, 0) is 38.5 Å². The molecule has 3 fully saturated rings. The first kappa shape index (κ1) is 78.8. The van der Waals surface area contributed by atoms with Crippen molar-refractivity contribution in [3.05, 3.63) is 12.2 Å². The number of aliphatic hydroxyl groups is 11. The zero-order valence-corrected chi connectivity index (χ0v) is 53.6. The van der Waals surface area contributed by atoms with E-state index in [1.165, 1.54) is 180 Å². The normalized spacial score (nSPS) is 28.8. The molecule has 17 atom stereocenters. The van der Waals surface area contributed by atoms with E-state index in [-0.39, 0.29) is 18.9 Å². The monoisotopic (exact) mass is 1230 g/mol. The number of hydrogen-bond donors (Lipinski definition) is 12. The van der Waals surface area contributed by atoms with Crippen LogP contribution in [-0.2, 0) is 33.2 Å². The number of ether oxygens (including phenoxy) is 6. The van der Waals surface area contributed by atoms with Gasteiger partial charge in [-0.25, -0.2) is 0 Å². The molecule has 1 amide bonds. The van der Waals surface area contributed by atoms with Crippen LogP contribution in [0.4, 0.5) is 0 Å². The first-order valence-corrected chi connectivity index (χ1v) is 34.9. The van der Waals surface area contributed by atoms with Crippen LogP contribution in [0.1, 0.15) is 277 Å². The third kappa shape index (κ3) is 32.2. The summed E-state index contributed by atoms with van der Waals surface area (Å²) in [6.07, 6.45) is 27.3. The van der Waals surface area contributed by atoms with E-state index in [0.717, 1.165) is 64.2 Å². The molecule has 17 unspecified atom stereocenters. The number of allylic oxidation sites excluding steroid dienone is 2. The van der Waals surface area contributed by atoms with Gasteiger partial charge in [-0.15, -0.1) is 0 Å². The van der Waals surface area contributed by atoms with Crippen molar-refractivity contribution < 1.29 is 89.4 Å². The van der Waals surface area contributed by atoms with Crippen LogP contribution in [0.15, 0.2) is 12.2 Å². The predicted molar refractivity (Wildman–Crippen MR) is 333 cm³/mol. The van der Waals surface area contributed by atoms with Crippen LogP contribution in [0.2, 0.25) is 0 Å². The Morgan fingerprint density at radius 1 is 0.407 bits per heavy atom. The van der Waals surface area contributed by atoms with Crippen molar-refractivity contribution in [2.75, 3.05) is 26.4 Å². The quantitative estimate of drug-likeness (QED) is 0.0200. The van der Waals surface area contributed by atoms with Gasteiger partial charge in [-0.2, -0.15) is 0 Å². The lowest BCUT2D eigenvalue weighted by atomic mass is 9.96. The molecule has 19 nitrogen and oxygen atoms in total. The number of unbranched alkanes of at least 4 members (excludes halogenated alkanes) is 36. The number of rotatable bonds is 54. The van der Waals surface area contributed by atoms with Gasteiger partial charge in [0.2, 0.25) is 5.91 Å². The maximum absolute atomic E-state index is 13.4. The van der Waals surface area contributed by atoms with Crippen molar-refractivity contribution in [2.45, 2.75) is 381 Å². The number of amides is 1. The zero-order chi connectivity index (χ0) is 62.6. The van der Waals surface area contributed by atoms with Gasteiger partial charge >= 0.3 is 0 Å². The Morgan fingerprint density at radius 3 is 1.13 bits per heavy atom. The molecular weight excluding hydrogens is 1110 g/mol. The summed E-state index contributed by atoms with van der Waals surface area (Å²) in [6, 6.07) is -0.889. The number of carbonyl (C=O) groups excluding carboxylic acids is 1. The maximum Gasteiger partial charge on any atom is 0.220 e. The van der Waals surface area contributed by atoms with Gasteiger partial charge < -0.3 is 89.9 Å². The molecule has 508 valence electrons. The van der Waals surface area contributed by atoms with Gasteiger partial charge in [0.1, 0.15) is 73.2 Å². The second-order valence-corrected chi connectivity index (χ2v) is 25.3. The Hall–Kier alpha value is -1.47. The summed E-state index contributed by atoms with van der Waals surface area (Å²) >= 11 is 0. The second-order valence-electron chi connectivity index (χ2n) is 25.3. The zero-order valence-electron chi connectivity index (χ0n) is 53.6. The van der Waals surface area contributed by atoms with Crippen LogP contribution >= 0.6 is 0 Å². The molecule has 19 heteroatoms. The average Bonchev–Trinajstić information content (AvgIpc) is 2.24. The molecule has 3 aliphatic heterocycles. The Labute approximate surface area is 518 Å². The van der Waals surface area contributed by atoms with Gasteiger partial charge in [0.25, 0.3) is 0 Å². The molecule has 3 rings (SSSR count). The van der Waals surface area contributed by atoms with E-state index in [0.29, 0.717) is 12.8 Å². The van der Waals surface area contributed by atoms with Crippen LogP contribution in [0.25, 0.3) is 0 Å². The Morgan fingerprint density at radius 2 is 0.733 bits per heavy atom. The number of nitrogens with one attached hydrogen (secondary N) is 1. The average molecular weight is 1230 g/mol. The minimum atomic E-state index is -1.97. The molecular formula is C67H127NO18. The van der Waals surface area contributed by atoms with Gasteiger partial charge in [0.15, 0.2) is 18.9 Å². The number of carbonyl (C=O) groups is 1. The van der Waals surface area contributed by atoms with Crippen LogP contribution in [0.5, 0.6) is 0 Å². The minimum Gasteiger partial charge on any atom is -0.394 e. The fraction of sp³-hybridized carbons (Fsp3) is 0.955. The molecule has 0 aromatic carbocycles. The molecule has 0 aromatic rings. The summed E-state index contributed by atoms with van der Waals surface area (Å²) in [5, 5.41) is 121. The van der Waals surface area contributed by atoms with Crippen molar-refractivity contribution in [1.82, 2.24) is 5.32 Å². The van der Waals surface area contributed by atoms with E-state index < -0.39 is 124 Å². The highest BCUT2D eigenvalue weighted by Gasteiger charge is 2.53. The summed E-state index contributed by atoms with van der Waals surface area (Å²) in [7, 11) is 0. The third-order valence-electron chi connectivity index (χ3n) is 17.8. The smallest absolute Gasteiger partial charge is 0.220 e. The minimum absolute atomic E-state index is 0.248. The lowest BCUT2D eigenvalue weighted by molar-refractivity contribution is -0.379. The molecule has 3 heterocycles. The standard InChI is InChI=1S/C67H127NO18/c1-3-5-7-9-11-13-15-17-19-20-21-22-23-24-25-26-27-28-29-31-32-34-36-38-40-42-44-51(72)50(68-55(73)45-43-41-39-37-35-33-30-18-16-14-12-10-8-6-4-2)49-81-65-61(79)58(76)63(53(47-70)83-65)86-67-62(80)59(77)64(54(48-71)84-67)85-66-60(78)57(75)56(74)52(46-69)82-66/h18,30,50-54,56-67,69-72,74-80H,3-17,19-29,31-49H2,1-2H3,(H,68,73)/b30-18-. The summed E-state index contributed by atoms with van der Waals surface area (Å²) < 4.78 is 34.4. The Kier molecular flexibility index (Phi) is 45.9. The summed E-state index contributed by atoms with van der Waals surface area (Å²) in [6.45, 7) is 1.81. The van der Waals surface area contributed by atoms with Gasteiger partial charge in [0.05, 0.1) is 38.6 Å². The van der Waals surface area contributed by atoms with Gasteiger partial charge in [-0.3, -0.25) is 4.79 Å². The van der Waals surface area contributed by atoms with Crippen LogP contribution in [-0.4, -0.2) is 193 Å². The third-order valence-corrected chi connectivity index (χ3v) is 17.8. The van der Waals surface area contributed by atoms with Crippen LogP contribution in [0.3, 0.4) is 0 Å². The van der Waals surface area contributed by atoms with Crippen LogP contribution < -0.4 is 5.32 Å². The Bertz CT molecular complexity index is 1620. The molecule has 0 aromatic heterocycles. The molecule has 12 N–H and O–H groups in total. The molecule has 0 radical (unpaired) electrons. The molecule has 86 heavy (non-hydrogen) atoms. The number of hydrogen-bond acceptors (Lipinski definition) is 18. The fourth-order valence-electron chi connectivity index (χ4n) is 12.1. The lowest BCUT2D eigenvalue weighted by Crippen LogP contribution is -2.66. The summed E-state index contributed by atoms with van der Waals surface area (Å²) in [4.78, 5) is 13.4. The number of aliphatic hydroxyl groups excluding tert-OH is 11.